The molecule has 7 nitrogen and oxygen atoms in total. The van der Waals surface area contributed by atoms with Crippen LogP contribution in [-0.4, -0.2) is 22.1 Å². The summed E-state index contributed by atoms with van der Waals surface area (Å²) in [5.74, 6) is 0.581. The fourth-order valence-electron chi connectivity index (χ4n) is 1.99. The Hall–Kier alpha value is -2.53. The van der Waals surface area contributed by atoms with Crippen molar-refractivity contribution in [3.8, 4) is 6.07 Å². The Morgan fingerprint density at radius 3 is 2.87 bits per heavy atom. The van der Waals surface area contributed by atoms with E-state index in [1.807, 2.05) is 13.0 Å². The molecule has 0 saturated carbocycles. The molecule has 0 aromatic carbocycles. The summed E-state index contributed by atoms with van der Waals surface area (Å²) < 4.78 is 5.49. The molecule has 0 atom stereocenters. The number of aryl methyl sites for hydroxylation is 2. The van der Waals surface area contributed by atoms with E-state index in [0.29, 0.717) is 28.8 Å². The number of H-pyrrole nitrogens is 1. The molecule has 8 heteroatoms. The Kier molecular flexibility index (Phi) is 5.24. The smallest absolute Gasteiger partial charge is 0.261 e. The largest absolute Gasteiger partial charge is 0.444 e. The average Bonchev–Trinajstić information content (AvgIpc) is 2.92. The quantitative estimate of drug-likeness (QED) is 0.807. The number of nitrogens with zero attached hydrogens (tertiary/aromatic N) is 2. The molecule has 0 aliphatic carbocycles. The molecule has 0 aliphatic heterocycles. The minimum absolute atomic E-state index is 0.104. The van der Waals surface area contributed by atoms with E-state index in [1.54, 1.807) is 13.2 Å². The fourth-order valence-corrected chi connectivity index (χ4v) is 2.50. The number of carbonyl (C=O) groups excluding carboxylic acids is 1. The third-order valence-electron chi connectivity index (χ3n) is 3.22. The van der Waals surface area contributed by atoms with E-state index in [4.69, 9.17) is 9.68 Å². The first-order chi connectivity index (χ1) is 11.0. The number of rotatable bonds is 5. The van der Waals surface area contributed by atoms with Crippen LogP contribution in [0.3, 0.4) is 0 Å². The third kappa shape index (κ3) is 3.63. The highest BCUT2D eigenvalue weighted by Crippen LogP contribution is 2.16. The Morgan fingerprint density at radius 1 is 1.57 bits per heavy atom. The lowest BCUT2D eigenvalue weighted by molar-refractivity contribution is 0.0946. The summed E-state index contributed by atoms with van der Waals surface area (Å²) in [6, 6.07) is 3.26. The fraction of sp³-hybridized carbons (Fsp3) is 0.333. The van der Waals surface area contributed by atoms with Gasteiger partial charge in [0.25, 0.3) is 11.5 Å². The van der Waals surface area contributed by atoms with E-state index in [0.717, 1.165) is 0 Å². The molecular formula is C15H16N4O3S. The predicted molar refractivity (Wildman–Crippen MR) is 85.3 cm³/mol. The molecule has 0 radical (unpaired) electrons. The number of carbonyl (C=O) groups is 1. The van der Waals surface area contributed by atoms with Crippen LogP contribution in [0, 0.1) is 18.3 Å². The zero-order valence-corrected chi connectivity index (χ0v) is 13.8. The number of oxazole rings is 1. The maximum atomic E-state index is 12.2. The lowest BCUT2D eigenvalue weighted by Crippen LogP contribution is -2.29. The van der Waals surface area contributed by atoms with Crippen LogP contribution in [0.4, 0.5) is 0 Å². The van der Waals surface area contributed by atoms with Crippen molar-refractivity contribution in [1.82, 2.24) is 15.3 Å². The van der Waals surface area contributed by atoms with E-state index in [-0.39, 0.29) is 17.7 Å². The van der Waals surface area contributed by atoms with Crippen molar-refractivity contribution < 1.29 is 9.21 Å². The van der Waals surface area contributed by atoms with Gasteiger partial charge < -0.3 is 14.7 Å². The van der Waals surface area contributed by atoms with Crippen LogP contribution in [0.25, 0.3) is 0 Å². The van der Waals surface area contributed by atoms with Crippen LogP contribution in [0.15, 0.2) is 20.3 Å². The first-order valence-corrected chi connectivity index (χ1v) is 8.17. The molecule has 0 saturated heterocycles. The van der Waals surface area contributed by atoms with Crippen LogP contribution in [0.1, 0.15) is 40.2 Å². The van der Waals surface area contributed by atoms with Gasteiger partial charge in [-0.2, -0.15) is 5.26 Å². The predicted octanol–water partition coefficient (Wildman–Crippen LogP) is 1.76. The van der Waals surface area contributed by atoms with Gasteiger partial charge in [-0.25, -0.2) is 4.98 Å². The van der Waals surface area contributed by atoms with Gasteiger partial charge in [0, 0.05) is 6.42 Å². The van der Waals surface area contributed by atoms with Gasteiger partial charge in [0.2, 0.25) is 0 Å². The Bertz CT molecular complexity index is 832. The molecule has 23 heavy (non-hydrogen) atoms. The average molecular weight is 332 g/mol. The molecular weight excluding hydrogens is 316 g/mol. The van der Waals surface area contributed by atoms with Crippen LogP contribution in [-0.2, 0) is 13.0 Å². The van der Waals surface area contributed by atoms with Crippen molar-refractivity contribution in [2.75, 3.05) is 6.26 Å². The van der Waals surface area contributed by atoms with Gasteiger partial charge in [0.05, 0.1) is 22.8 Å². The van der Waals surface area contributed by atoms with Crippen LogP contribution >= 0.6 is 11.8 Å². The minimum atomic E-state index is -0.566. The Morgan fingerprint density at radius 2 is 2.30 bits per heavy atom. The van der Waals surface area contributed by atoms with Gasteiger partial charge in [0.15, 0.2) is 5.89 Å². The number of aromatic nitrogens is 2. The minimum Gasteiger partial charge on any atom is -0.444 e. The summed E-state index contributed by atoms with van der Waals surface area (Å²) in [6.45, 7) is 3.84. The standard InChI is InChI=1S/C15H16N4O3S/c1-4-12-18-8(2)11(22-12)7-17-13(20)10-5-9(6-16)15(23-3)19-14(10)21/h5H,4,7H2,1-3H3,(H,17,20)(H,19,21). The van der Waals surface area contributed by atoms with Crippen LogP contribution in [0.5, 0.6) is 0 Å². The third-order valence-corrected chi connectivity index (χ3v) is 3.95. The summed E-state index contributed by atoms with van der Waals surface area (Å²) in [4.78, 5) is 30.9. The highest BCUT2D eigenvalue weighted by Gasteiger charge is 2.16. The summed E-state index contributed by atoms with van der Waals surface area (Å²) in [5, 5.41) is 12.1. The molecule has 2 aromatic heterocycles. The van der Waals surface area contributed by atoms with E-state index < -0.39 is 11.5 Å². The molecule has 2 aromatic rings. The zero-order valence-electron chi connectivity index (χ0n) is 13.0. The van der Waals surface area contributed by atoms with Crippen molar-refractivity contribution in [3.05, 3.63) is 44.9 Å². The van der Waals surface area contributed by atoms with Crippen LogP contribution in [0.2, 0.25) is 0 Å². The molecule has 0 bridgehead atoms. The first kappa shape index (κ1) is 16.8. The van der Waals surface area contributed by atoms with Gasteiger partial charge in [-0.05, 0) is 19.2 Å². The summed E-state index contributed by atoms with van der Waals surface area (Å²) in [6.07, 6.45) is 2.40. The van der Waals surface area contributed by atoms with E-state index in [2.05, 4.69) is 15.3 Å². The summed E-state index contributed by atoms with van der Waals surface area (Å²) >= 11 is 1.24. The normalized spacial score (nSPS) is 10.3. The lowest BCUT2D eigenvalue weighted by Gasteiger charge is -2.05. The highest BCUT2D eigenvalue weighted by molar-refractivity contribution is 7.98. The van der Waals surface area contributed by atoms with Crippen LogP contribution < -0.4 is 10.9 Å². The molecule has 2 N–H and O–H groups in total. The monoisotopic (exact) mass is 332 g/mol. The zero-order chi connectivity index (χ0) is 17.0. The van der Waals surface area contributed by atoms with E-state index in [1.165, 1.54) is 17.8 Å². The molecule has 0 unspecified atom stereocenters. The maximum Gasteiger partial charge on any atom is 0.261 e. The number of nitriles is 1. The van der Waals surface area contributed by atoms with Crippen molar-refractivity contribution in [2.45, 2.75) is 31.8 Å². The summed E-state index contributed by atoms with van der Waals surface area (Å²) in [5.41, 5.74) is 0.319. The molecule has 0 fully saturated rings. The Balaban J connectivity index is 2.19. The molecule has 0 aliphatic rings. The second-order valence-corrected chi connectivity index (χ2v) is 5.54. The second-order valence-electron chi connectivity index (χ2n) is 4.72. The van der Waals surface area contributed by atoms with E-state index in [9.17, 15) is 9.59 Å². The number of aromatic amines is 1. The molecule has 0 spiro atoms. The number of thioether (sulfide) groups is 1. The SMILES string of the molecule is CCc1nc(C)c(CNC(=O)c2cc(C#N)c(SC)[nH]c2=O)o1. The van der Waals surface area contributed by atoms with Gasteiger partial charge in [0.1, 0.15) is 17.4 Å². The van der Waals surface area contributed by atoms with Crippen molar-refractivity contribution >= 4 is 17.7 Å². The maximum absolute atomic E-state index is 12.2. The highest BCUT2D eigenvalue weighted by atomic mass is 32.2. The van der Waals surface area contributed by atoms with Crippen molar-refractivity contribution in [1.29, 1.82) is 5.26 Å². The van der Waals surface area contributed by atoms with Crippen molar-refractivity contribution in [3.63, 3.8) is 0 Å². The number of pyridine rings is 1. The molecule has 120 valence electrons. The van der Waals surface area contributed by atoms with Gasteiger partial charge >= 0.3 is 0 Å². The Labute approximate surface area is 137 Å². The number of hydrogen-bond acceptors (Lipinski definition) is 6. The number of nitrogens with one attached hydrogen (secondary N) is 2. The molecule has 1 amide bonds. The molecule has 2 rings (SSSR count). The van der Waals surface area contributed by atoms with E-state index >= 15 is 0 Å². The number of amides is 1. The first-order valence-electron chi connectivity index (χ1n) is 6.94. The lowest BCUT2D eigenvalue weighted by atomic mass is 10.2. The van der Waals surface area contributed by atoms with Gasteiger partial charge in [-0.15, -0.1) is 11.8 Å². The summed E-state index contributed by atoms with van der Waals surface area (Å²) in [7, 11) is 0. The van der Waals surface area contributed by atoms with Crippen molar-refractivity contribution in [2.24, 2.45) is 0 Å². The molecule has 2 heterocycles. The van der Waals surface area contributed by atoms with Gasteiger partial charge in [-0.3, -0.25) is 9.59 Å². The topological polar surface area (TPSA) is 112 Å². The number of hydrogen-bond donors (Lipinski definition) is 2. The van der Waals surface area contributed by atoms with Gasteiger partial charge in [-0.1, -0.05) is 6.92 Å². The second kappa shape index (κ2) is 7.15.